The lowest BCUT2D eigenvalue weighted by Crippen LogP contribution is -2.10. The highest BCUT2D eigenvalue weighted by atomic mass is 16.5. The average Bonchev–Trinajstić information content (AvgIpc) is 2.60. The van der Waals surface area contributed by atoms with Gasteiger partial charge in [0.15, 0.2) is 0 Å². The van der Waals surface area contributed by atoms with Crippen LogP contribution in [0.4, 0.5) is 5.69 Å². The zero-order valence-electron chi connectivity index (χ0n) is 12.3. The summed E-state index contributed by atoms with van der Waals surface area (Å²) in [6.07, 6.45) is 5.16. The van der Waals surface area contributed by atoms with Crippen LogP contribution in [0.15, 0.2) is 66.3 Å². The quantitative estimate of drug-likeness (QED) is 0.882. The van der Waals surface area contributed by atoms with Crippen molar-refractivity contribution in [3.05, 3.63) is 77.4 Å². The van der Waals surface area contributed by atoms with E-state index in [0.29, 0.717) is 17.9 Å². The normalized spacial score (nSPS) is 12.7. The SMILES string of the molecule is N#Cc1ccccc1NC(=O)/C=C/C1=Cc2ccccc2OC1. The first-order valence-corrected chi connectivity index (χ1v) is 7.17. The molecule has 1 aliphatic heterocycles. The summed E-state index contributed by atoms with van der Waals surface area (Å²) in [5, 5.41) is 11.7. The highest BCUT2D eigenvalue weighted by molar-refractivity contribution is 6.00. The maximum atomic E-state index is 12.0. The van der Waals surface area contributed by atoms with Gasteiger partial charge in [-0.15, -0.1) is 0 Å². The second kappa shape index (κ2) is 6.63. The molecule has 0 saturated carbocycles. The lowest BCUT2D eigenvalue weighted by Gasteiger charge is -2.15. The lowest BCUT2D eigenvalue weighted by atomic mass is 10.1. The van der Waals surface area contributed by atoms with Gasteiger partial charge in [-0.2, -0.15) is 5.26 Å². The minimum Gasteiger partial charge on any atom is -0.488 e. The number of rotatable bonds is 3. The standard InChI is InChI=1S/C19H14N2O2/c20-12-16-6-1-3-7-17(16)21-19(22)10-9-14-11-15-5-2-4-8-18(15)23-13-14/h1-11H,13H2,(H,21,22)/b10-9+. The lowest BCUT2D eigenvalue weighted by molar-refractivity contribution is -0.111. The predicted molar refractivity (Wildman–Crippen MR) is 88.8 cm³/mol. The molecule has 2 aromatic rings. The van der Waals surface area contributed by atoms with Gasteiger partial charge < -0.3 is 10.1 Å². The molecule has 0 bridgehead atoms. The Labute approximate surface area is 134 Å². The summed E-state index contributed by atoms with van der Waals surface area (Å²) in [4.78, 5) is 12.0. The van der Waals surface area contributed by atoms with Crippen LogP contribution in [0.25, 0.3) is 6.08 Å². The van der Waals surface area contributed by atoms with E-state index in [1.807, 2.05) is 36.4 Å². The molecule has 0 unspecified atom stereocenters. The van der Waals surface area contributed by atoms with Crippen molar-refractivity contribution >= 4 is 17.7 Å². The monoisotopic (exact) mass is 302 g/mol. The van der Waals surface area contributed by atoms with E-state index in [9.17, 15) is 4.79 Å². The van der Waals surface area contributed by atoms with Crippen LogP contribution in [0.1, 0.15) is 11.1 Å². The molecule has 1 aliphatic rings. The minimum absolute atomic E-state index is 0.285. The van der Waals surface area contributed by atoms with E-state index in [1.165, 1.54) is 6.08 Å². The topological polar surface area (TPSA) is 62.1 Å². The number of hydrogen-bond donors (Lipinski definition) is 1. The molecular formula is C19H14N2O2. The van der Waals surface area contributed by atoms with Crippen molar-refractivity contribution < 1.29 is 9.53 Å². The summed E-state index contributed by atoms with van der Waals surface area (Å²) in [5.74, 6) is 0.560. The number of fused-ring (bicyclic) bond motifs is 1. The third-order valence-electron chi connectivity index (χ3n) is 3.41. The molecule has 0 fully saturated rings. The van der Waals surface area contributed by atoms with Crippen molar-refractivity contribution in [1.82, 2.24) is 0 Å². The molecule has 0 saturated heterocycles. The molecule has 112 valence electrons. The van der Waals surface area contributed by atoms with Gasteiger partial charge in [0.05, 0.1) is 11.3 Å². The van der Waals surface area contributed by atoms with Crippen molar-refractivity contribution in [3.63, 3.8) is 0 Å². The number of anilines is 1. The Morgan fingerprint density at radius 2 is 1.96 bits per heavy atom. The highest BCUT2D eigenvalue weighted by Gasteiger charge is 2.09. The Morgan fingerprint density at radius 3 is 2.83 bits per heavy atom. The molecule has 2 aromatic carbocycles. The van der Waals surface area contributed by atoms with Gasteiger partial charge in [-0.1, -0.05) is 36.4 Å². The molecule has 0 atom stereocenters. The largest absolute Gasteiger partial charge is 0.488 e. The summed E-state index contributed by atoms with van der Waals surface area (Å²) >= 11 is 0. The van der Waals surface area contributed by atoms with Gasteiger partial charge in [0.2, 0.25) is 5.91 Å². The van der Waals surface area contributed by atoms with E-state index in [2.05, 4.69) is 5.32 Å². The van der Waals surface area contributed by atoms with Gasteiger partial charge in [-0.05, 0) is 29.8 Å². The first kappa shape index (κ1) is 14.6. The average molecular weight is 302 g/mol. The Bertz CT molecular complexity index is 844. The minimum atomic E-state index is -0.285. The number of carbonyl (C=O) groups is 1. The van der Waals surface area contributed by atoms with Crippen LogP contribution >= 0.6 is 0 Å². The second-order valence-corrected chi connectivity index (χ2v) is 5.03. The van der Waals surface area contributed by atoms with E-state index >= 15 is 0 Å². The zero-order valence-corrected chi connectivity index (χ0v) is 12.3. The fraction of sp³-hybridized carbons (Fsp3) is 0.0526. The summed E-state index contributed by atoms with van der Waals surface area (Å²) in [6.45, 7) is 0.426. The van der Waals surface area contributed by atoms with Crippen LogP contribution in [0.2, 0.25) is 0 Å². The van der Waals surface area contributed by atoms with E-state index in [0.717, 1.165) is 16.9 Å². The number of nitrogens with zero attached hydrogens (tertiary/aromatic N) is 1. The molecule has 0 radical (unpaired) electrons. The first-order chi connectivity index (χ1) is 11.3. The summed E-state index contributed by atoms with van der Waals surface area (Å²) in [7, 11) is 0. The fourth-order valence-corrected chi connectivity index (χ4v) is 2.28. The molecule has 1 heterocycles. The van der Waals surface area contributed by atoms with Crippen LogP contribution in [0.5, 0.6) is 5.75 Å². The van der Waals surface area contributed by atoms with Crippen LogP contribution in [0, 0.1) is 11.3 Å². The van der Waals surface area contributed by atoms with Crippen LogP contribution in [0.3, 0.4) is 0 Å². The fourth-order valence-electron chi connectivity index (χ4n) is 2.28. The molecule has 3 rings (SSSR count). The summed E-state index contributed by atoms with van der Waals surface area (Å²) in [6, 6.07) is 16.7. The Kier molecular flexibility index (Phi) is 4.21. The van der Waals surface area contributed by atoms with E-state index < -0.39 is 0 Å². The van der Waals surface area contributed by atoms with E-state index in [4.69, 9.17) is 10.00 Å². The van der Waals surface area contributed by atoms with Crippen molar-refractivity contribution in [2.75, 3.05) is 11.9 Å². The first-order valence-electron chi connectivity index (χ1n) is 7.17. The Balaban J connectivity index is 1.70. The number of nitrogens with one attached hydrogen (secondary N) is 1. The molecule has 1 amide bonds. The molecule has 0 aliphatic carbocycles. The maximum Gasteiger partial charge on any atom is 0.248 e. The van der Waals surface area contributed by atoms with E-state index in [1.54, 1.807) is 30.3 Å². The number of hydrogen-bond acceptors (Lipinski definition) is 3. The number of amides is 1. The van der Waals surface area contributed by atoms with Crippen LogP contribution in [-0.2, 0) is 4.79 Å². The summed E-state index contributed by atoms with van der Waals surface area (Å²) < 4.78 is 5.63. The number of para-hydroxylation sites is 2. The molecule has 4 heteroatoms. The molecule has 1 N–H and O–H groups in total. The third-order valence-corrected chi connectivity index (χ3v) is 3.41. The van der Waals surface area contributed by atoms with Crippen molar-refractivity contribution in [2.24, 2.45) is 0 Å². The van der Waals surface area contributed by atoms with Crippen LogP contribution < -0.4 is 10.1 Å². The predicted octanol–water partition coefficient (Wildman–Crippen LogP) is 3.53. The zero-order chi connectivity index (χ0) is 16.1. The van der Waals surface area contributed by atoms with Gasteiger partial charge >= 0.3 is 0 Å². The van der Waals surface area contributed by atoms with Gasteiger partial charge in [-0.25, -0.2) is 0 Å². The van der Waals surface area contributed by atoms with Crippen molar-refractivity contribution in [1.29, 1.82) is 5.26 Å². The Morgan fingerprint density at radius 1 is 1.17 bits per heavy atom. The Hall–Kier alpha value is -3.32. The molecule has 23 heavy (non-hydrogen) atoms. The third kappa shape index (κ3) is 3.47. The van der Waals surface area contributed by atoms with Crippen LogP contribution in [-0.4, -0.2) is 12.5 Å². The van der Waals surface area contributed by atoms with Crippen molar-refractivity contribution in [3.8, 4) is 11.8 Å². The van der Waals surface area contributed by atoms with Crippen molar-refractivity contribution in [2.45, 2.75) is 0 Å². The molecule has 0 spiro atoms. The smallest absolute Gasteiger partial charge is 0.248 e. The molecular weight excluding hydrogens is 288 g/mol. The van der Waals surface area contributed by atoms with Gasteiger partial charge in [0, 0.05) is 11.6 Å². The molecule has 0 aromatic heterocycles. The number of benzene rings is 2. The van der Waals surface area contributed by atoms with Gasteiger partial charge in [0.1, 0.15) is 18.4 Å². The molecule has 4 nitrogen and oxygen atoms in total. The summed E-state index contributed by atoms with van der Waals surface area (Å²) in [5.41, 5.74) is 2.84. The second-order valence-electron chi connectivity index (χ2n) is 5.03. The van der Waals surface area contributed by atoms with Gasteiger partial charge in [-0.3, -0.25) is 4.79 Å². The van der Waals surface area contributed by atoms with E-state index in [-0.39, 0.29) is 5.91 Å². The number of carbonyl (C=O) groups excluding carboxylic acids is 1. The highest BCUT2D eigenvalue weighted by Crippen LogP contribution is 2.26. The van der Waals surface area contributed by atoms with Gasteiger partial charge in [0.25, 0.3) is 0 Å². The maximum absolute atomic E-state index is 12.0. The number of ether oxygens (including phenoxy) is 1. The number of nitriles is 1.